The van der Waals surface area contributed by atoms with Crippen LogP contribution in [0.3, 0.4) is 0 Å². The lowest BCUT2D eigenvalue weighted by Crippen LogP contribution is -2.48. The predicted octanol–water partition coefficient (Wildman–Crippen LogP) is 4.59. The van der Waals surface area contributed by atoms with E-state index in [9.17, 15) is 0 Å². The lowest BCUT2D eigenvalue weighted by atomic mass is 10.1. The summed E-state index contributed by atoms with van der Waals surface area (Å²) in [7, 11) is -1.59. The highest BCUT2D eigenvalue weighted by Gasteiger charge is 2.42. The molecule has 0 N–H and O–H groups in total. The molecule has 0 aromatic carbocycles. The van der Waals surface area contributed by atoms with Gasteiger partial charge in [-0.25, -0.2) is 0 Å². The van der Waals surface area contributed by atoms with Crippen LogP contribution in [0.4, 0.5) is 0 Å². The molecule has 0 spiro atoms. The van der Waals surface area contributed by atoms with Crippen molar-refractivity contribution in [3.63, 3.8) is 0 Å². The maximum Gasteiger partial charge on any atom is 0.193 e. The van der Waals surface area contributed by atoms with Crippen LogP contribution < -0.4 is 0 Å². The van der Waals surface area contributed by atoms with Crippen LogP contribution in [0.5, 0.6) is 0 Å². The van der Waals surface area contributed by atoms with Crippen LogP contribution in [0.15, 0.2) is 0 Å². The fraction of sp³-hybridized carbons (Fsp3) is 1.00. The molecule has 0 aromatic rings. The molecule has 1 nitrogen and oxygen atoms in total. The number of rotatable bonds is 5. The maximum absolute atomic E-state index is 6.37. The summed E-state index contributed by atoms with van der Waals surface area (Å²) in [5.74, 6) is 0. The molecule has 0 aliphatic carbocycles. The Morgan fingerprint density at radius 1 is 0.929 bits per heavy atom. The fourth-order valence-electron chi connectivity index (χ4n) is 1.33. The Bertz CT molecular complexity index is 183. The van der Waals surface area contributed by atoms with E-state index >= 15 is 0 Å². The van der Waals surface area contributed by atoms with Gasteiger partial charge >= 0.3 is 0 Å². The summed E-state index contributed by atoms with van der Waals surface area (Å²) in [4.78, 5) is 0. The van der Waals surface area contributed by atoms with Crippen molar-refractivity contribution >= 4 is 8.32 Å². The van der Waals surface area contributed by atoms with Crippen molar-refractivity contribution in [2.24, 2.45) is 0 Å². The van der Waals surface area contributed by atoms with E-state index in [0.29, 0.717) is 5.04 Å². The van der Waals surface area contributed by atoms with Crippen molar-refractivity contribution in [1.29, 1.82) is 0 Å². The molecular formula is C12H28OSi. The van der Waals surface area contributed by atoms with Gasteiger partial charge in [0, 0.05) is 0 Å². The van der Waals surface area contributed by atoms with Crippen molar-refractivity contribution in [2.45, 2.75) is 78.1 Å². The van der Waals surface area contributed by atoms with Crippen LogP contribution in [0, 0.1) is 0 Å². The minimum atomic E-state index is -1.59. The molecule has 0 heterocycles. The van der Waals surface area contributed by atoms with Crippen LogP contribution in [-0.2, 0) is 4.43 Å². The van der Waals surface area contributed by atoms with Crippen LogP contribution in [0.1, 0.15) is 54.4 Å². The Hall–Kier alpha value is 0.177. The first-order valence-corrected chi connectivity index (χ1v) is 8.69. The average molecular weight is 216 g/mol. The molecule has 0 aromatic heterocycles. The molecule has 0 saturated carbocycles. The van der Waals surface area contributed by atoms with E-state index in [1.165, 1.54) is 6.42 Å². The summed E-state index contributed by atoms with van der Waals surface area (Å²) < 4.78 is 6.37. The highest BCUT2D eigenvalue weighted by atomic mass is 28.4. The van der Waals surface area contributed by atoms with Crippen LogP contribution in [0.25, 0.3) is 0 Å². The summed E-state index contributed by atoms with van der Waals surface area (Å²) in [5.41, 5.74) is 0.0438. The Kier molecular flexibility index (Phi) is 4.41. The number of hydrogen-bond acceptors (Lipinski definition) is 1. The molecule has 0 radical (unpaired) electrons. The normalized spacial score (nSPS) is 14.6. The van der Waals surface area contributed by atoms with Gasteiger partial charge < -0.3 is 4.43 Å². The van der Waals surface area contributed by atoms with Crippen LogP contribution in [0.2, 0.25) is 18.1 Å². The van der Waals surface area contributed by atoms with Gasteiger partial charge in [-0.1, -0.05) is 34.1 Å². The van der Waals surface area contributed by atoms with Gasteiger partial charge in [0.05, 0.1) is 5.60 Å². The van der Waals surface area contributed by atoms with Crippen molar-refractivity contribution in [3.8, 4) is 0 Å². The topological polar surface area (TPSA) is 9.23 Å². The quantitative estimate of drug-likeness (QED) is 0.611. The molecule has 86 valence electrons. The Labute approximate surface area is 91.4 Å². The van der Waals surface area contributed by atoms with E-state index in [-0.39, 0.29) is 5.60 Å². The van der Waals surface area contributed by atoms with Gasteiger partial charge in [0.25, 0.3) is 0 Å². The molecule has 2 heteroatoms. The summed E-state index contributed by atoms with van der Waals surface area (Å²) in [6.07, 6.45) is 2.29. The molecule has 0 unspecified atom stereocenters. The van der Waals surface area contributed by atoms with Crippen LogP contribution >= 0.6 is 0 Å². The molecular weight excluding hydrogens is 188 g/mol. The summed E-state index contributed by atoms with van der Waals surface area (Å²) in [6, 6.07) is 0. The van der Waals surface area contributed by atoms with E-state index in [1.807, 2.05) is 0 Å². The Balaban J connectivity index is 4.64. The lowest BCUT2D eigenvalue weighted by Gasteiger charge is -2.44. The first kappa shape index (κ1) is 14.2. The third-order valence-corrected chi connectivity index (χ3v) is 8.57. The van der Waals surface area contributed by atoms with Crippen molar-refractivity contribution in [3.05, 3.63) is 0 Å². The molecule has 0 amide bonds. The molecule has 14 heavy (non-hydrogen) atoms. The molecule has 0 bridgehead atoms. The molecule has 0 rings (SSSR count). The van der Waals surface area contributed by atoms with Crippen molar-refractivity contribution < 1.29 is 4.43 Å². The monoisotopic (exact) mass is 216 g/mol. The SMILES string of the molecule is CCC(C)(C)O[Si](C)(C)C(C)(C)CC. The first-order chi connectivity index (χ1) is 6.08. The van der Waals surface area contributed by atoms with Gasteiger partial charge in [-0.05, 0) is 38.4 Å². The third kappa shape index (κ3) is 3.39. The first-order valence-electron chi connectivity index (χ1n) is 5.78. The zero-order valence-corrected chi connectivity index (χ0v) is 12.3. The summed E-state index contributed by atoms with van der Waals surface area (Å²) in [6.45, 7) is 18.2. The second-order valence-electron chi connectivity index (χ2n) is 5.96. The minimum absolute atomic E-state index is 0.0438. The van der Waals surface area contributed by atoms with Gasteiger partial charge in [0.2, 0.25) is 0 Å². The van der Waals surface area contributed by atoms with Crippen molar-refractivity contribution in [1.82, 2.24) is 0 Å². The van der Waals surface area contributed by atoms with E-state index in [4.69, 9.17) is 4.43 Å². The van der Waals surface area contributed by atoms with E-state index < -0.39 is 8.32 Å². The molecule has 0 saturated heterocycles. The standard InChI is InChI=1S/C12H28OSi/c1-9-11(3,4)13-14(7,8)12(5,6)10-2/h9-10H2,1-8H3. The number of hydrogen-bond donors (Lipinski definition) is 0. The van der Waals surface area contributed by atoms with Crippen molar-refractivity contribution in [2.75, 3.05) is 0 Å². The summed E-state index contributed by atoms with van der Waals surface area (Å²) in [5, 5.41) is 0.361. The van der Waals surface area contributed by atoms with E-state index in [1.54, 1.807) is 0 Å². The highest BCUT2D eigenvalue weighted by Crippen LogP contribution is 2.42. The minimum Gasteiger partial charge on any atom is -0.412 e. The largest absolute Gasteiger partial charge is 0.412 e. The molecule has 0 fully saturated rings. The smallest absolute Gasteiger partial charge is 0.193 e. The Morgan fingerprint density at radius 3 is 1.64 bits per heavy atom. The zero-order valence-electron chi connectivity index (χ0n) is 11.3. The second-order valence-corrected chi connectivity index (χ2v) is 10.5. The maximum atomic E-state index is 6.37. The highest BCUT2D eigenvalue weighted by molar-refractivity contribution is 6.74. The van der Waals surface area contributed by atoms with Gasteiger partial charge in [-0.3, -0.25) is 0 Å². The van der Waals surface area contributed by atoms with E-state index in [2.05, 4.69) is 54.6 Å². The molecule has 0 atom stereocenters. The second kappa shape index (κ2) is 4.36. The van der Waals surface area contributed by atoms with Gasteiger partial charge in [-0.2, -0.15) is 0 Å². The fourth-order valence-corrected chi connectivity index (χ4v) is 3.98. The average Bonchev–Trinajstić information content (AvgIpc) is 2.02. The van der Waals surface area contributed by atoms with Gasteiger partial charge in [0.15, 0.2) is 8.32 Å². The molecule has 0 aliphatic heterocycles. The van der Waals surface area contributed by atoms with Gasteiger partial charge in [0.1, 0.15) is 0 Å². The third-order valence-electron chi connectivity index (χ3n) is 3.90. The summed E-state index contributed by atoms with van der Waals surface area (Å²) >= 11 is 0. The van der Waals surface area contributed by atoms with E-state index in [0.717, 1.165) is 6.42 Å². The zero-order chi connectivity index (χ0) is 11.6. The van der Waals surface area contributed by atoms with Crippen LogP contribution in [-0.4, -0.2) is 13.9 Å². The lowest BCUT2D eigenvalue weighted by molar-refractivity contribution is 0.0863. The molecule has 0 aliphatic rings. The Morgan fingerprint density at radius 2 is 1.36 bits per heavy atom. The predicted molar refractivity (Wildman–Crippen MR) is 67.3 cm³/mol. The van der Waals surface area contributed by atoms with Gasteiger partial charge in [-0.15, -0.1) is 0 Å².